The maximum Gasteiger partial charge on any atom is 0.325 e. The molecule has 2 atom stereocenters. The molecule has 0 amide bonds. The number of nitrogens with zero attached hydrogens (tertiary/aromatic N) is 1. The Kier molecular flexibility index (Phi) is 4.26. The second kappa shape index (κ2) is 6.36. The van der Waals surface area contributed by atoms with Crippen LogP contribution in [0.1, 0.15) is 18.0 Å². The molecule has 2 bridgehead atoms. The van der Waals surface area contributed by atoms with E-state index < -0.39 is 17.0 Å². The van der Waals surface area contributed by atoms with Gasteiger partial charge in [0.1, 0.15) is 5.75 Å². The van der Waals surface area contributed by atoms with Crippen molar-refractivity contribution in [2.24, 2.45) is 5.92 Å². The smallest absolute Gasteiger partial charge is 0.325 e. The highest BCUT2D eigenvalue weighted by Gasteiger charge is 2.32. The lowest BCUT2D eigenvalue weighted by Gasteiger charge is -2.37. The minimum absolute atomic E-state index is 0.0133. The zero-order chi connectivity index (χ0) is 17.3. The van der Waals surface area contributed by atoms with Crippen LogP contribution in [0, 0.1) is 5.92 Å². The number of pyridine rings is 1. The van der Waals surface area contributed by atoms with Crippen molar-refractivity contribution in [3.8, 4) is 11.5 Å². The summed E-state index contributed by atoms with van der Waals surface area (Å²) in [4.78, 5) is 36.1. The van der Waals surface area contributed by atoms with Gasteiger partial charge in [0, 0.05) is 25.1 Å². The first kappa shape index (κ1) is 16.1. The number of H-pyrrole nitrogens is 2. The van der Waals surface area contributed by atoms with Gasteiger partial charge in [0.25, 0.3) is 11.1 Å². The molecule has 4 rings (SSSR count). The Morgan fingerprint density at radius 3 is 2.58 bits per heavy atom. The third-order valence-electron chi connectivity index (χ3n) is 4.27. The highest BCUT2D eigenvalue weighted by Crippen LogP contribution is 2.35. The van der Waals surface area contributed by atoms with E-state index in [0.29, 0.717) is 11.8 Å². The van der Waals surface area contributed by atoms with Gasteiger partial charge in [-0.25, -0.2) is 4.79 Å². The van der Waals surface area contributed by atoms with Crippen LogP contribution >= 0.6 is 0 Å². The lowest BCUT2D eigenvalue weighted by atomic mass is 9.84. The molecule has 24 heavy (non-hydrogen) atoms. The van der Waals surface area contributed by atoms with Crippen molar-refractivity contribution in [1.82, 2.24) is 19.9 Å². The number of aromatic nitrogens is 3. The van der Waals surface area contributed by atoms with E-state index in [-0.39, 0.29) is 11.3 Å². The number of aromatic hydroxyl groups is 2. The number of nitrogens with one attached hydrogen (secondary N) is 3. The van der Waals surface area contributed by atoms with Gasteiger partial charge in [-0.3, -0.25) is 14.6 Å². The van der Waals surface area contributed by atoms with E-state index in [1.165, 1.54) is 12.1 Å². The van der Waals surface area contributed by atoms with Gasteiger partial charge in [-0.1, -0.05) is 0 Å². The summed E-state index contributed by atoms with van der Waals surface area (Å²) in [6.07, 6.45) is 2.02. The monoisotopic (exact) mass is 334 g/mol. The summed E-state index contributed by atoms with van der Waals surface area (Å²) in [6.45, 7) is 2.59. The van der Waals surface area contributed by atoms with Crippen LogP contribution in [0.15, 0.2) is 32.7 Å². The summed E-state index contributed by atoms with van der Waals surface area (Å²) in [6, 6.07) is 2.97. The van der Waals surface area contributed by atoms with Crippen molar-refractivity contribution in [1.29, 1.82) is 0 Å². The fourth-order valence-electron chi connectivity index (χ4n) is 3.24. The molecule has 2 aromatic heterocycles. The number of piperidine rings is 1. The summed E-state index contributed by atoms with van der Waals surface area (Å²) in [5.41, 5.74) is -0.568. The van der Waals surface area contributed by atoms with Crippen molar-refractivity contribution >= 4 is 0 Å². The molecule has 2 aromatic rings. The number of hydrogen-bond donors (Lipinski definition) is 5. The summed E-state index contributed by atoms with van der Waals surface area (Å²) < 4.78 is 1.75. The zero-order valence-electron chi connectivity index (χ0n) is 12.8. The fraction of sp³-hybridized carbons (Fsp3) is 0.400. The maximum atomic E-state index is 11.7. The minimum atomic E-state index is -0.779. The molecule has 0 spiro atoms. The van der Waals surface area contributed by atoms with Gasteiger partial charge in [0.15, 0.2) is 5.75 Å². The Morgan fingerprint density at radius 2 is 1.88 bits per heavy atom. The first-order valence-electron chi connectivity index (χ1n) is 7.60. The van der Waals surface area contributed by atoms with Crippen LogP contribution in [-0.2, 0) is 6.54 Å². The molecule has 1 fully saturated rings. The second-order valence-corrected chi connectivity index (χ2v) is 5.97. The van der Waals surface area contributed by atoms with Crippen LogP contribution < -0.4 is 22.1 Å². The van der Waals surface area contributed by atoms with Crippen molar-refractivity contribution < 1.29 is 10.2 Å². The SMILES string of the molecule is O=c1[nH]cc(O)c(=O)[nH]1.O=c1ccc(O)c2n1C[C@@H]1CNC[C@H]2C1. The van der Waals surface area contributed by atoms with E-state index >= 15 is 0 Å². The van der Waals surface area contributed by atoms with Crippen LogP contribution in [0.3, 0.4) is 0 Å². The van der Waals surface area contributed by atoms with Crippen molar-refractivity contribution in [2.45, 2.75) is 18.9 Å². The van der Waals surface area contributed by atoms with Crippen LogP contribution in [0.2, 0.25) is 0 Å². The average molecular weight is 334 g/mol. The molecular weight excluding hydrogens is 316 g/mol. The molecule has 0 radical (unpaired) electrons. The predicted octanol–water partition coefficient (Wildman–Crippen LogP) is -0.971. The number of hydrogen-bond acceptors (Lipinski definition) is 6. The Morgan fingerprint density at radius 1 is 1.08 bits per heavy atom. The van der Waals surface area contributed by atoms with Gasteiger partial charge in [0.05, 0.1) is 11.9 Å². The van der Waals surface area contributed by atoms with E-state index in [1.807, 2.05) is 4.98 Å². The van der Waals surface area contributed by atoms with Crippen LogP contribution in [0.4, 0.5) is 0 Å². The van der Waals surface area contributed by atoms with Crippen LogP contribution in [0.5, 0.6) is 11.5 Å². The molecule has 4 heterocycles. The van der Waals surface area contributed by atoms with Gasteiger partial charge in [0.2, 0.25) is 0 Å². The lowest BCUT2D eigenvalue weighted by Crippen LogP contribution is -2.44. The van der Waals surface area contributed by atoms with Crippen LogP contribution in [-0.4, -0.2) is 37.8 Å². The first-order chi connectivity index (χ1) is 11.5. The molecule has 2 aliphatic rings. The third-order valence-corrected chi connectivity index (χ3v) is 4.27. The topological polar surface area (TPSA) is 140 Å². The largest absolute Gasteiger partial charge is 0.506 e. The predicted molar refractivity (Wildman–Crippen MR) is 85.4 cm³/mol. The molecule has 1 saturated heterocycles. The van der Waals surface area contributed by atoms with E-state index in [4.69, 9.17) is 5.11 Å². The van der Waals surface area contributed by atoms with Crippen molar-refractivity contribution in [3.63, 3.8) is 0 Å². The summed E-state index contributed by atoms with van der Waals surface area (Å²) in [5.74, 6) is 0.610. The lowest BCUT2D eigenvalue weighted by molar-refractivity contribution is 0.249. The minimum Gasteiger partial charge on any atom is -0.506 e. The maximum absolute atomic E-state index is 11.7. The van der Waals surface area contributed by atoms with Gasteiger partial charge >= 0.3 is 5.69 Å². The number of aromatic amines is 2. The number of fused-ring (bicyclic) bond motifs is 4. The van der Waals surface area contributed by atoms with Gasteiger partial charge in [-0.05, 0) is 24.9 Å². The molecule has 0 aromatic carbocycles. The van der Waals surface area contributed by atoms with E-state index in [1.54, 1.807) is 4.57 Å². The highest BCUT2D eigenvalue weighted by atomic mass is 16.3. The normalized spacial score (nSPS) is 21.3. The summed E-state index contributed by atoms with van der Waals surface area (Å²) >= 11 is 0. The van der Waals surface area contributed by atoms with Crippen molar-refractivity contribution in [2.75, 3.05) is 13.1 Å². The molecule has 2 aliphatic heterocycles. The molecule has 0 aliphatic carbocycles. The summed E-state index contributed by atoms with van der Waals surface area (Å²) in [7, 11) is 0. The van der Waals surface area contributed by atoms with E-state index in [9.17, 15) is 19.5 Å². The highest BCUT2D eigenvalue weighted by molar-refractivity contribution is 5.31. The Hall–Kier alpha value is -2.81. The van der Waals surface area contributed by atoms with E-state index in [0.717, 1.165) is 37.9 Å². The molecule has 9 nitrogen and oxygen atoms in total. The average Bonchev–Trinajstić information content (AvgIpc) is 2.55. The molecule has 128 valence electrons. The Bertz CT molecular complexity index is 913. The van der Waals surface area contributed by atoms with Crippen LogP contribution in [0.25, 0.3) is 0 Å². The first-order valence-corrected chi connectivity index (χ1v) is 7.60. The number of rotatable bonds is 0. The standard InChI is InChI=1S/C11H14N2O2.C4H4N2O3/c14-9-1-2-10(15)13-6-7-3-8(11(9)13)5-12-4-7;7-2-1-5-4(9)6-3(2)8/h1-2,7-8,12,14H,3-6H2;1,7H,(H2,5,6,8,9)/t7-,8+;/m0./s1. The van der Waals surface area contributed by atoms with E-state index in [2.05, 4.69) is 10.3 Å². The van der Waals surface area contributed by atoms with Gasteiger partial charge in [-0.15, -0.1) is 0 Å². The Balaban J connectivity index is 0.000000162. The molecule has 0 saturated carbocycles. The second-order valence-electron chi connectivity index (χ2n) is 5.97. The van der Waals surface area contributed by atoms with Gasteiger partial charge < -0.3 is 25.1 Å². The quantitative estimate of drug-likeness (QED) is 0.420. The van der Waals surface area contributed by atoms with Crippen molar-refractivity contribution in [3.05, 3.63) is 55.2 Å². The third kappa shape index (κ3) is 3.11. The fourth-order valence-corrected chi connectivity index (χ4v) is 3.24. The Labute approximate surface area is 135 Å². The molecule has 5 N–H and O–H groups in total. The molecular formula is C15H18N4O5. The zero-order valence-corrected chi connectivity index (χ0v) is 12.8. The molecule has 0 unspecified atom stereocenters. The molecule has 9 heteroatoms. The summed E-state index contributed by atoms with van der Waals surface area (Å²) in [5, 5.41) is 21.7. The van der Waals surface area contributed by atoms with Gasteiger partial charge in [-0.2, -0.15) is 0 Å².